The monoisotopic (exact) mass is 330 g/mol. The largest absolute Gasteiger partial charge is 0.493 e. The first-order valence-electron chi connectivity index (χ1n) is 7.62. The third-order valence-electron chi connectivity index (χ3n) is 3.41. The standard InChI is InChI=1S/C19H26N2O3/c1-6-7-16(13-21-22)14(2)10-17(12-20-3)15-8-9-18(23-4)19(11-15)24-5/h6-13,20-22H,1-5H3/b7-6-,14-10+,16-13+,17-12+. The van der Waals surface area contributed by atoms with Gasteiger partial charge < -0.3 is 14.8 Å². The first-order chi connectivity index (χ1) is 11.6. The van der Waals surface area contributed by atoms with Crippen LogP contribution in [0.1, 0.15) is 19.4 Å². The molecule has 0 radical (unpaired) electrons. The molecule has 0 aromatic heterocycles. The molecule has 0 aliphatic carbocycles. The Hall–Kier alpha value is -2.66. The summed E-state index contributed by atoms with van der Waals surface area (Å²) in [6, 6.07) is 5.77. The van der Waals surface area contributed by atoms with Gasteiger partial charge in [-0.15, -0.1) is 0 Å². The Morgan fingerprint density at radius 3 is 2.38 bits per heavy atom. The molecule has 24 heavy (non-hydrogen) atoms. The van der Waals surface area contributed by atoms with E-state index in [2.05, 4.69) is 10.8 Å². The van der Waals surface area contributed by atoms with Crippen molar-refractivity contribution in [3.8, 4) is 11.5 Å². The molecule has 1 rings (SSSR count). The molecule has 0 bridgehead atoms. The topological polar surface area (TPSA) is 62.8 Å². The maximum absolute atomic E-state index is 8.95. The molecule has 0 amide bonds. The van der Waals surface area contributed by atoms with E-state index in [-0.39, 0.29) is 0 Å². The molecular weight excluding hydrogens is 304 g/mol. The normalized spacial score (nSPS) is 13.2. The van der Waals surface area contributed by atoms with E-state index >= 15 is 0 Å². The highest BCUT2D eigenvalue weighted by atomic mass is 16.5. The third kappa shape index (κ3) is 5.21. The number of nitrogens with one attached hydrogen (secondary N) is 2. The van der Waals surface area contributed by atoms with Crippen LogP contribution in [0.5, 0.6) is 11.5 Å². The first-order valence-corrected chi connectivity index (χ1v) is 7.62. The van der Waals surface area contributed by atoms with Gasteiger partial charge in [0.25, 0.3) is 0 Å². The molecule has 5 nitrogen and oxygen atoms in total. The smallest absolute Gasteiger partial charge is 0.161 e. The van der Waals surface area contributed by atoms with E-state index in [1.54, 1.807) is 14.2 Å². The Kier molecular flexibility index (Phi) is 8.22. The van der Waals surface area contributed by atoms with Crippen LogP contribution in [0.3, 0.4) is 0 Å². The lowest BCUT2D eigenvalue weighted by molar-refractivity contribution is 0.214. The number of hydrogen-bond donors (Lipinski definition) is 3. The molecule has 0 heterocycles. The summed E-state index contributed by atoms with van der Waals surface area (Å²) in [7, 11) is 5.08. The molecule has 130 valence electrons. The summed E-state index contributed by atoms with van der Waals surface area (Å²) in [6.07, 6.45) is 9.31. The zero-order chi connectivity index (χ0) is 17.9. The molecule has 1 aromatic carbocycles. The van der Waals surface area contributed by atoms with Crippen molar-refractivity contribution < 1.29 is 14.7 Å². The van der Waals surface area contributed by atoms with Crippen LogP contribution in [0.15, 0.2) is 60.0 Å². The lowest BCUT2D eigenvalue weighted by atomic mass is 10.00. The third-order valence-corrected chi connectivity index (χ3v) is 3.41. The van der Waals surface area contributed by atoms with Gasteiger partial charge in [-0.25, -0.2) is 0 Å². The van der Waals surface area contributed by atoms with Crippen molar-refractivity contribution in [1.29, 1.82) is 0 Å². The highest BCUT2D eigenvalue weighted by Crippen LogP contribution is 2.31. The van der Waals surface area contributed by atoms with Gasteiger partial charge in [0.05, 0.1) is 14.2 Å². The SMILES string of the molecule is C\C=C/C(=C\NO)C(/C)=C/C(=C\NC)c1ccc(OC)c(OC)c1. The fraction of sp³-hybridized carbons (Fsp3) is 0.263. The number of hydroxylamine groups is 1. The van der Waals surface area contributed by atoms with Crippen LogP contribution in [0.2, 0.25) is 0 Å². The van der Waals surface area contributed by atoms with Crippen LogP contribution in [0.25, 0.3) is 5.57 Å². The molecule has 0 fully saturated rings. The fourth-order valence-electron chi connectivity index (χ4n) is 2.24. The molecule has 0 aliphatic heterocycles. The number of benzene rings is 1. The van der Waals surface area contributed by atoms with Crippen molar-refractivity contribution in [2.24, 2.45) is 0 Å². The Bertz CT molecular complexity index is 659. The van der Waals surface area contributed by atoms with Gasteiger partial charge in [-0.1, -0.05) is 18.2 Å². The zero-order valence-corrected chi connectivity index (χ0v) is 14.9. The van der Waals surface area contributed by atoms with Gasteiger partial charge in [0.1, 0.15) is 0 Å². The molecule has 0 saturated carbocycles. The van der Waals surface area contributed by atoms with Gasteiger partial charge in [0.2, 0.25) is 0 Å². The van der Waals surface area contributed by atoms with Gasteiger partial charge in [-0.05, 0) is 54.3 Å². The summed E-state index contributed by atoms with van der Waals surface area (Å²) in [5, 5.41) is 12.0. The molecule has 0 unspecified atom stereocenters. The number of methoxy groups -OCH3 is 2. The summed E-state index contributed by atoms with van der Waals surface area (Å²) in [6.45, 7) is 3.91. The minimum atomic E-state index is 0.671. The van der Waals surface area contributed by atoms with Crippen molar-refractivity contribution >= 4 is 5.57 Å². The first kappa shape index (κ1) is 19.4. The summed E-state index contributed by atoms with van der Waals surface area (Å²) in [4.78, 5) is 0. The van der Waals surface area contributed by atoms with Crippen molar-refractivity contribution in [3.63, 3.8) is 0 Å². The van der Waals surface area contributed by atoms with Crippen molar-refractivity contribution in [2.45, 2.75) is 13.8 Å². The zero-order valence-electron chi connectivity index (χ0n) is 14.9. The number of hydrogen-bond acceptors (Lipinski definition) is 5. The number of allylic oxidation sites excluding steroid dienone is 6. The van der Waals surface area contributed by atoms with Crippen LogP contribution in [-0.2, 0) is 0 Å². The maximum atomic E-state index is 8.95. The van der Waals surface area contributed by atoms with Crippen molar-refractivity contribution in [1.82, 2.24) is 10.8 Å². The van der Waals surface area contributed by atoms with Crippen LogP contribution < -0.4 is 20.3 Å². The highest BCUT2D eigenvalue weighted by molar-refractivity contribution is 5.77. The molecule has 0 atom stereocenters. The van der Waals surface area contributed by atoms with E-state index in [9.17, 15) is 0 Å². The predicted octanol–water partition coefficient (Wildman–Crippen LogP) is 3.65. The Balaban J connectivity index is 3.32. The maximum Gasteiger partial charge on any atom is 0.161 e. The lowest BCUT2D eigenvalue weighted by Gasteiger charge is -2.11. The number of rotatable bonds is 8. The van der Waals surface area contributed by atoms with Gasteiger partial charge >= 0.3 is 0 Å². The van der Waals surface area contributed by atoms with E-state index in [4.69, 9.17) is 14.7 Å². The van der Waals surface area contributed by atoms with Gasteiger partial charge in [0, 0.05) is 19.4 Å². The van der Waals surface area contributed by atoms with Gasteiger partial charge in [-0.2, -0.15) is 0 Å². The van der Waals surface area contributed by atoms with Crippen LogP contribution in [0, 0.1) is 0 Å². The van der Waals surface area contributed by atoms with E-state index in [1.807, 2.05) is 63.5 Å². The second-order valence-electron chi connectivity index (χ2n) is 5.01. The van der Waals surface area contributed by atoms with Crippen molar-refractivity contribution in [3.05, 3.63) is 65.5 Å². The van der Waals surface area contributed by atoms with Crippen LogP contribution in [0.4, 0.5) is 0 Å². The minimum absolute atomic E-state index is 0.671. The molecule has 3 N–H and O–H groups in total. The molecule has 1 aromatic rings. The lowest BCUT2D eigenvalue weighted by Crippen LogP contribution is -1.99. The van der Waals surface area contributed by atoms with E-state index < -0.39 is 0 Å². The number of ether oxygens (including phenoxy) is 2. The average Bonchev–Trinajstić information content (AvgIpc) is 2.60. The molecule has 5 heteroatoms. The van der Waals surface area contributed by atoms with Gasteiger partial charge in [0.15, 0.2) is 11.5 Å². The Morgan fingerprint density at radius 2 is 1.83 bits per heavy atom. The quantitative estimate of drug-likeness (QED) is 0.502. The molecular formula is C19H26N2O3. The average molecular weight is 330 g/mol. The van der Waals surface area contributed by atoms with Crippen LogP contribution >= 0.6 is 0 Å². The molecule has 0 spiro atoms. The van der Waals surface area contributed by atoms with E-state index in [0.29, 0.717) is 11.5 Å². The van der Waals surface area contributed by atoms with E-state index in [0.717, 1.165) is 22.3 Å². The summed E-state index contributed by atoms with van der Waals surface area (Å²) in [5.74, 6) is 1.36. The summed E-state index contributed by atoms with van der Waals surface area (Å²) < 4.78 is 10.7. The summed E-state index contributed by atoms with van der Waals surface area (Å²) >= 11 is 0. The van der Waals surface area contributed by atoms with E-state index in [1.165, 1.54) is 6.20 Å². The highest BCUT2D eigenvalue weighted by Gasteiger charge is 2.08. The molecule has 0 saturated heterocycles. The minimum Gasteiger partial charge on any atom is -0.493 e. The van der Waals surface area contributed by atoms with Gasteiger partial charge in [-0.3, -0.25) is 10.7 Å². The Labute approximate surface area is 143 Å². The van der Waals surface area contributed by atoms with Crippen LogP contribution in [-0.4, -0.2) is 26.5 Å². The fourth-order valence-corrected chi connectivity index (χ4v) is 2.24. The second kappa shape index (κ2) is 10.2. The molecule has 0 aliphatic rings. The second-order valence-corrected chi connectivity index (χ2v) is 5.01. The Morgan fingerprint density at radius 1 is 1.12 bits per heavy atom. The summed E-state index contributed by atoms with van der Waals surface area (Å²) in [5.41, 5.74) is 5.92. The van der Waals surface area contributed by atoms with Crippen molar-refractivity contribution in [2.75, 3.05) is 21.3 Å². The predicted molar refractivity (Wildman–Crippen MR) is 98.2 cm³/mol.